The largest absolute Gasteiger partial charge is 0.373 e. The van der Waals surface area contributed by atoms with Crippen molar-refractivity contribution >= 4 is 27.4 Å². The molecule has 0 N–H and O–H groups in total. The topological polar surface area (TPSA) is 41.5 Å². The minimum atomic E-state index is 0.315. The highest BCUT2D eigenvalue weighted by molar-refractivity contribution is 7.19. The third-order valence-corrected chi connectivity index (χ3v) is 6.56. The number of hydrogen-bond donors (Lipinski definition) is 0. The molecule has 116 valence electrons. The maximum atomic E-state index is 5.99. The first-order valence-electron chi connectivity index (χ1n) is 8.13. The number of likely N-dealkylation sites (N-methyl/N-ethyl adjacent to an activating group) is 1. The molecule has 2 aromatic rings. The second-order valence-corrected chi connectivity index (χ2v) is 7.68. The van der Waals surface area contributed by atoms with Crippen molar-refractivity contribution in [1.29, 1.82) is 0 Å². The Kier molecular flexibility index (Phi) is 2.93. The highest BCUT2D eigenvalue weighted by atomic mass is 32.1. The van der Waals surface area contributed by atoms with Crippen LogP contribution in [0.5, 0.6) is 0 Å². The molecule has 0 amide bonds. The quantitative estimate of drug-likeness (QED) is 0.801. The fourth-order valence-corrected chi connectivity index (χ4v) is 5.41. The van der Waals surface area contributed by atoms with Gasteiger partial charge in [0, 0.05) is 24.5 Å². The van der Waals surface area contributed by atoms with E-state index in [-0.39, 0.29) is 0 Å². The molecule has 2 saturated heterocycles. The molecule has 2 aliphatic heterocycles. The Labute approximate surface area is 133 Å². The second kappa shape index (κ2) is 4.88. The standard InChI is InChI=1S/C16H20N4OS/c1-19-5-6-21-12-8-20(7-11(12)19)15-14-10-3-2-4-13(10)22-16(14)18-9-17-15/h9,11-12H,2-8H2,1H3. The fourth-order valence-electron chi connectivity index (χ4n) is 4.18. The number of fused-ring (bicyclic) bond motifs is 4. The summed E-state index contributed by atoms with van der Waals surface area (Å²) in [5.41, 5.74) is 1.51. The number of ether oxygens (including phenoxy) is 1. The Morgan fingerprint density at radius 2 is 2.23 bits per heavy atom. The third kappa shape index (κ3) is 1.84. The summed E-state index contributed by atoms with van der Waals surface area (Å²) in [5, 5.41) is 1.32. The van der Waals surface area contributed by atoms with Gasteiger partial charge in [-0.05, 0) is 31.9 Å². The average Bonchev–Trinajstić information content (AvgIpc) is 3.20. The molecular formula is C16H20N4OS. The van der Waals surface area contributed by atoms with Crippen LogP contribution in [-0.2, 0) is 17.6 Å². The minimum Gasteiger partial charge on any atom is -0.373 e. The van der Waals surface area contributed by atoms with Gasteiger partial charge >= 0.3 is 0 Å². The van der Waals surface area contributed by atoms with Crippen LogP contribution in [0, 0.1) is 0 Å². The number of aromatic nitrogens is 2. The van der Waals surface area contributed by atoms with E-state index in [2.05, 4.69) is 26.8 Å². The lowest BCUT2D eigenvalue weighted by Gasteiger charge is -2.33. The summed E-state index contributed by atoms with van der Waals surface area (Å²) >= 11 is 1.87. The van der Waals surface area contributed by atoms with Gasteiger partial charge in [0.15, 0.2) is 0 Å². The van der Waals surface area contributed by atoms with Crippen LogP contribution in [0.2, 0.25) is 0 Å². The van der Waals surface area contributed by atoms with Crippen molar-refractivity contribution in [3.05, 3.63) is 16.8 Å². The lowest BCUT2D eigenvalue weighted by molar-refractivity contribution is -0.0362. The molecule has 0 bridgehead atoms. The normalized spacial score (nSPS) is 28.3. The zero-order chi connectivity index (χ0) is 14.7. The van der Waals surface area contributed by atoms with Crippen LogP contribution in [-0.4, -0.2) is 60.3 Å². The smallest absolute Gasteiger partial charge is 0.141 e. The summed E-state index contributed by atoms with van der Waals surface area (Å²) in [5.74, 6) is 1.14. The predicted molar refractivity (Wildman–Crippen MR) is 87.8 cm³/mol. The SMILES string of the molecule is CN1CCOC2CN(c3ncnc4sc5c(c34)CCC5)CC21. The van der Waals surface area contributed by atoms with E-state index in [0.717, 1.165) is 32.1 Å². The molecule has 0 spiro atoms. The van der Waals surface area contributed by atoms with Gasteiger partial charge in [0.25, 0.3) is 0 Å². The Balaban J connectivity index is 1.57. The lowest BCUT2D eigenvalue weighted by Crippen LogP contribution is -2.48. The van der Waals surface area contributed by atoms with E-state index in [1.165, 1.54) is 39.9 Å². The summed E-state index contributed by atoms with van der Waals surface area (Å²) in [6.07, 6.45) is 5.73. The van der Waals surface area contributed by atoms with Gasteiger partial charge in [-0.3, -0.25) is 4.90 Å². The highest BCUT2D eigenvalue weighted by Gasteiger charge is 2.40. The third-order valence-electron chi connectivity index (χ3n) is 5.36. The molecule has 0 saturated carbocycles. The molecule has 2 unspecified atom stereocenters. The van der Waals surface area contributed by atoms with E-state index in [1.54, 1.807) is 6.33 Å². The minimum absolute atomic E-state index is 0.315. The van der Waals surface area contributed by atoms with Gasteiger partial charge < -0.3 is 9.64 Å². The average molecular weight is 316 g/mol. The van der Waals surface area contributed by atoms with Crippen molar-refractivity contribution in [2.24, 2.45) is 0 Å². The van der Waals surface area contributed by atoms with E-state index < -0.39 is 0 Å². The molecular weight excluding hydrogens is 296 g/mol. The molecule has 0 aromatic carbocycles. The van der Waals surface area contributed by atoms with E-state index >= 15 is 0 Å². The summed E-state index contributed by atoms with van der Waals surface area (Å²) in [6.45, 7) is 3.84. The Morgan fingerprint density at radius 3 is 3.14 bits per heavy atom. The first-order chi connectivity index (χ1) is 10.8. The van der Waals surface area contributed by atoms with Crippen molar-refractivity contribution in [3.63, 3.8) is 0 Å². The molecule has 2 aromatic heterocycles. The van der Waals surface area contributed by atoms with Crippen LogP contribution in [0.4, 0.5) is 5.82 Å². The van der Waals surface area contributed by atoms with Crippen molar-refractivity contribution < 1.29 is 4.74 Å². The molecule has 5 rings (SSSR count). The summed E-state index contributed by atoms with van der Waals surface area (Å²) < 4.78 is 5.99. The van der Waals surface area contributed by atoms with Crippen LogP contribution in [0.3, 0.4) is 0 Å². The van der Waals surface area contributed by atoms with Gasteiger partial charge in [0.05, 0.1) is 24.1 Å². The van der Waals surface area contributed by atoms with Crippen molar-refractivity contribution in [3.8, 4) is 0 Å². The molecule has 5 nitrogen and oxygen atoms in total. The molecule has 0 radical (unpaired) electrons. The molecule has 2 atom stereocenters. The number of aryl methyl sites for hydroxylation is 2. The first kappa shape index (κ1) is 13.2. The summed E-state index contributed by atoms with van der Waals surface area (Å²) in [7, 11) is 2.21. The monoisotopic (exact) mass is 316 g/mol. The van der Waals surface area contributed by atoms with Crippen LogP contribution in [0.15, 0.2) is 6.33 Å². The fraction of sp³-hybridized carbons (Fsp3) is 0.625. The van der Waals surface area contributed by atoms with Gasteiger partial charge in [-0.25, -0.2) is 9.97 Å². The van der Waals surface area contributed by atoms with Gasteiger partial charge in [0.2, 0.25) is 0 Å². The van der Waals surface area contributed by atoms with Gasteiger partial charge in [0.1, 0.15) is 17.0 Å². The zero-order valence-electron chi connectivity index (χ0n) is 12.8. The van der Waals surface area contributed by atoms with E-state index in [0.29, 0.717) is 12.1 Å². The van der Waals surface area contributed by atoms with Crippen molar-refractivity contribution in [2.75, 3.05) is 38.2 Å². The van der Waals surface area contributed by atoms with Gasteiger partial charge in [-0.15, -0.1) is 11.3 Å². The number of nitrogens with zero attached hydrogens (tertiary/aromatic N) is 4. The predicted octanol–water partition coefficient (Wildman–Crippen LogP) is 1.70. The van der Waals surface area contributed by atoms with Crippen LogP contribution in [0.25, 0.3) is 10.2 Å². The second-order valence-electron chi connectivity index (χ2n) is 6.60. The van der Waals surface area contributed by atoms with E-state index in [4.69, 9.17) is 4.74 Å². The number of rotatable bonds is 1. The number of thiophene rings is 1. The molecule has 2 fully saturated rings. The van der Waals surface area contributed by atoms with E-state index in [1.807, 2.05) is 11.3 Å². The lowest BCUT2D eigenvalue weighted by atomic mass is 10.1. The molecule has 4 heterocycles. The maximum absolute atomic E-state index is 5.99. The Bertz CT molecular complexity index is 730. The number of morpholine rings is 1. The van der Waals surface area contributed by atoms with Crippen molar-refractivity contribution in [1.82, 2.24) is 14.9 Å². The first-order valence-corrected chi connectivity index (χ1v) is 8.95. The zero-order valence-corrected chi connectivity index (χ0v) is 13.6. The van der Waals surface area contributed by atoms with Crippen LogP contribution < -0.4 is 4.90 Å². The molecule has 6 heteroatoms. The molecule has 3 aliphatic rings. The van der Waals surface area contributed by atoms with Gasteiger partial charge in [-0.2, -0.15) is 0 Å². The molecule has 22 heavy (non-hydrogen) atoms. The molecule has 1 aliphatic carbocycles. The Morgan fingerprint density at radius 1 is 1.27 bits per heavy atom. The van der Waals surface area contributed by atoms with Gasteiger partial charge in [-0.1, -0.05) is 0 Å². The van der Waals surface area contributed by atoms with Crippen molar-refractivity contribution in [2.45, 2.75) is 31.4 Å². The summed E-state index contributed by atoms with van der Waals surface area (Å²) in [6, 6.07) is 0.491. The van der Waals surface area contributed by atoms with E-state index in [9.17, 15) is 0 Å². The van der Waals surface area contributed by atoms with Crippen LogP contribution >= 0.6 is 11.3 Å². The maximum Gasteiger partial charge on any atom is 0.141 e. The summed E-state index contributed by atoms with van der Waals surface area (Å²) in [4.78, 5) is 16.7. The number of hydrogen-bond acceptors (Lipinski definition) is 6. The Hall–Kier alpha value is -1.24. The van der Waals surface area contributed by atoms with Crippen LogP contribution in [0.1, 0.15) is 16.9 Å². The highest BCUT2D eigenvalue weighted by Crippen LogP contribution is 2.41. The number of anilines is 1.